The van der Waals surface area contributed by atoms with Crippen molar-refractivity contribution in [3.05, 3.63) is 12.4 Å². The van der Waals surface area contributed by atoms with E-state index in [0.29, 0.717) is 30.8 Å². The fourth-order valence-corrected chi connectivity index (χ4v) is 1.41. The van der Waals surface area contributed by atoms with Crippen molar-refractivity contribution >= 4 is 5.82 Å². The van der Waals surface area contributed by atoms with E-state index >= 15 is 0 Å². The maximum atomic E-state index is 5.83. The highest BCUT2D eigenvalue weighted by Gasteiger charge is 2.26. The van der Waals surface area contributed by atoms with Gasteiger partial charge in [0.25, 0.3) is 0 Å². The van der Waals surface area contributed by atoms with Crippen LogP contribution >= 0.6 is 0 Å². The first kappa shape index (κ1) is 14.7. The highest BCUT2D eigenvalue weighted by molar-refractivity contribution is 5.37. The van der Waals surface area contributed by atoms with Crippen molar-refractivity contribution in [2.45, 2.75) is 39.7 Å². The third kappa shape index (κ3) is 3.84. The molecule has 0 aliphatic carbocycles. The van der Waals surface area contributed by atoms with Gasteiger partial charge in [-0.2, -0.15) is 4.98 Å². The molecule has 5 heteroatoms. The lowest BCUT2D eigenvalue weighted by Crippen LogP contribution is -2.47. The Bertz CT molecular complexity index is 370. The van der Waals surface area contributed by atoms with Gasteiger partial charge in [-0.05, 0) is 19.3 Å². The van der Waals surface area contributed by atoms with Crippen LogP contribution < -0.4 is 15.8 Å². The zero-order valence-corrected chi connectivity index (χ0v) is 11.7. The van der Waals surface area contributed by atoms with Gasteiger partial charge in [0, 0.05) is 6.54 Å². The largest absolute Gasteiger partial charge is 0.477 e. The predicted molar refractivity (Wildman–Crippen MR) is 73.7 cm³/mol. The molecule has 1 aromatic rings. The van der Waals surface area contributed by atoms with Gasteiger partial charge in [-0.15, -0.1) is 0 Å². The topological polar surface area (TPSA) is 73.1 Å². The molecule has 102 valence electrons. The van der Waals surface area contributed by atoms with E-state index in [0.717, 1.165) is 6.42 Å². The number of ether oxygens (including phenoxy) is 1. The van der Waals surface area contributed by atoms with E-state index in [1.807, 2.05) is 0 Å². The molecule has 0 radical (unpaired) electrons. The lowest BCUT2D eigenvalue weighted by molar-refractivity contribution is 0.303. The molecule has 0 aliphatic rings. The molecule has 1 aromatic heterocycles. The van der Waals surface area contributed by atoms with Gasteiger partial charge < -0.3 is 15.8 Å². The second-order valence-electron chi connectivity index (χ2n) is 4.99. The van der Waals surface area contributed by atoms with Crippen molar-refractivity contribution in [1.29, 1.82) is 0 Å². The summed E-state index contributed by atoms with van der Waals surface area (Å²) in [5.41, 5.74) is 5.64. The van der Waals surface area contributed by atoms with Gasteiger partial charge in [0.05, 0.1) is 24.5 Å². The molecule has 1 heterocycles. The number of nitrogens with zero attached hydrogens (tertiary/aromatic N) is 2. The van der Waals surface area contributed by atoms with Crippen molar-refractivity contribution in [3.8, 4) is 5.88 Å². The first-order chi connectivity index (χ1) is 8.51. The SMILES string of the molecule is CCCOc1cncc(NC(C)(CN)C(C)C)n1. The highest BCUT2D eigenvalue weighted by Crippen LogP contribution is 2.21. The number of rotatable bonds is 7. The van der Waals surface area contributed by atoms with Crippen molar-refractivity contribution in [2.24, 2.45) is 11.7 Å². The Morgan fingerprint density at radius 1 is 1.44 bits per heavy atom. The molecule has 1 atom stereocenters. The van der Waals surface area contributed by atoms with Crippen LogP contribution in [0.3, 0.4) is 0 Å². The quantitative estimate of drug-likeness (QED) is 0.777. The Hall–Kier alpha value is -1.36. The molecule has 0 fully saturated rings. The van der Waals surface area contributed by atoms with Crippen molar-refractivity contribution in [3.63, 3.8) is 0 Å². The molecule has 0 aliphatic heterocycles. The summed E-state index contributed by atoms with van der Waals surface area (Å²) < 4.78 is 5.46. The zero-order chi connectivity index (χ0) is 13.6. The molecule has 1 unspecified atom stereocenters. The van der Waals surface area contributed by atoms with Gasteiger partial charge >= 0.3 is 0 Å². The van der Waals surface area contributed by atoms with E-state index in [9.17, 15) is 0 Å². The minimum atomic E-state index is -0.196. The number of aromatic nitrogens is 2. The summed E-state index contributed by atoms with van der Waals surface area (Å²) in [7, 11) is 0. The standard InChI is InChI=1S/C13H24N4O/c1-5-6-18-12-8-15-7-11(16-12)17-13(4,9-14)10(2)3/h7-8,10H,5-6,9,14H2,1-4H3,(H,16,17). The summed E-state index contributed by atoms with van der Waals surface area (Å²) in [6, 6.07) is 0. The van der Waals surface area contributed by atoms with Gasteiger partial charge in [-0.3, -0.25) is 4.98 Å². The Balaban J connectivity index is 2.77. The molecule has 0 spiro atoms. The summed E-state index contributed by atoms with van der Waals surface area (Å²) in [4.78, 5) is 8.50. The van der Waals surface area contributed by atoms with Crippen LogP contribution in [-0.2, 0) is 0 Å². The zero-order valence-electron chi connectivity index (χ0n) is 11.7. The van der Waals surface area contributed by atoms with Crippen LogP contribution in [0.1, 0.15) is 34.1 Å². The van der Waals surface area contributed by atoms with Crippen molar-refractivity contribution in [1.82, 2.24) is 9.97 Å². The normalized spacial score (nSPS) is 14.3. The number of hydrogen-bond acceptors (Lipinski definition) is 5. The van der Waals surface area contributed by atoms with Crippen molar-refractivity contribution < 1.29 is 4.74 Å². The average Bonchev–Trinajstić information content (AvgIpc) is 2.36. The maximum Gasteiger partial charge on any atom is 0.234 e. The lowest BCUT2D eigenvalue weighted by atomic mass is 9.88. The van der Waals surface area contributed by atoms with E-state index in [2.05, 4.69) is 43.0 Å². The molecule has 18 heavy (non-hydrogen) atoms. The molecule has 0 saturated heterocycles. The molecule has 0 aromatic carbocycles. The van der Waals surface area contributed by atoms with Crippen LogP contribution in [0, 0.1) is 5.92 Å². The average molecular weight is 252 g/mol. The summed E-state index contributed by atoms with van der Waals surface area (Å²) in [5.74, 6) is 1.64. The Morgan fingerprint density at radius 2 is 2.17 bits per heavy atom. The molecular formula is C13H24N4O. The van der Waals surface area contributed by atoms with E-state index in [-0.39, 0.29) is 5.54 Å². The van der Waals surface area contributed by atoms with E-state index in [1.54, 1.807) is 12.4 Å². The number of hydrogen-bond donors (Lipinski definition) is 2. The second-order valence-corrected chi connectivity index (χ2v) is 4.99. The first-order valence-electron chi connectivity index (χ1n) is 6.45. The molecule has 0 amide bonds. The monoisotopic (exact) mass is 252 g/mol. The minimum Gasteiger partial charge on any atom is -0.477 e. The fourth-order valence-electron chi connectivity index (χ4n) is 1.41. The van der Waals surface area contributed by atoms with Crippen LogP contribution in [0.15, 0.2) is 12.4 Å². The summed E-state index contributed by atoms with van der Waals surface area (Å²) >= 11 is 0. The molecular weight excluding hydrogens is 228 g/mol. The third-order valence-corrected chi connectivity index (χ3v) is 3.18. The Kier molecular flexibility index (Phi) is 5.34. The first-order valence-corrected chi connectivity index (χ1v) is 6.45. The number of anilines is 1. The fraction of sp³-hybridized carbons (Fsp3) is 0.692. The van der Waals surface area contributed by atoms with Crippen LogP contribution in [0.5, 0.6) is 5.88 Å². The van der Waals surface area contributed by atoms with Gasteiger partial charge in [-0.1, -0.05) is 20.8 Å². The molecule has 1 rings (SSSR count). The van der Waals surface area contributed by atoms with Gasteiger partial charge in [-0.25, -0.2) is 0 Å². The van der Waals surface area contributed by atoms with E-state index in [4.69, 9.17) is 10.5 Å². The number of nitrogens with one attached hydrogen (secondary N) is 1. The lowest BCUT2D eigenvalue weighted by Gasteiger charge is -2.34. The van der Waals surface area contributed by atoms with Crippen LogP contribution in [0.25, 0.3) is 0 Å². The summed E-state index contributed by atoms with van der Waals surface area (Å²) in [6.07, 6.45) is 4.26. The summed E-state index contributed by atoms with van der Waals surface area (Å²) in [5, 5.41) is 3.34. The van der Waals surface area contributed by atoms with Crippen LogP contribution in [0.2, 0.25) is 0 Å². The van der Waals surface area contributed by atoms with E-state index in [1.165, 1.54) is 0 Å². The molecule has 0 bridgehead atoms. The van der Waals surface area contributed by atoms with Gasteiger partial charge in [0.1, 0.15) is 5.82 Å². The molecule has 0 saturated carbocycles. The van der Waals surface area contributed by atoms with Crippen LogP contribution in [-0.4, -0.2) is 28.7 Å². The molecule has 5 nitrogen and oxygen atoms in total. The maximum absolute atomic E-state index is 5.83. The van der Waals surface area contributed by atoms with E-state index < -0.39 is 0 Å². The minimum absolute atomic E-state index is 0.196. The smallest absolute Gasteiger partial charge is 0.234 e. The van der Waals surface area contributed by atoms with Crippen molar-refractivity contribution in [2.75, 3.05) is 18.5 Å². The van der Waals surface area contributed by atoms with Gasteiger partial charge in [0.15, 0.2) is 0 Å². The predicted octanol–water partition coefficient (Wildman–Crippen LogP) is 2.05. The van der Waals surface area contributed by atoms with Gasteiger partial charge in [0.2, 0.25) is 5.88 Å². The summed E-state index contributed by atoms with van der Waals surface area (Å²) in [6.45, 7) is 9.58. The molecule has 3 N–H and O–H groups in total. The van der Waals surface area contributed by atoms with Crippen LogP contribution in [0.4, 0.5) is 5.82 Å². The Morgan fingerprint density at radius 3 is 2.72 bits per heavy atom. The highest BCUT2D eigenvalue weighted by atomic mass is 16.5. The third-order valence-electron chi connectivity index (χ3n) is 3.18. The number of nitrogens with two attached hydrogens (primary N) is 1. The Labute approximate surface area is 109 Å². The second kappa shape index (κ2) is 6.54.